The number of imidazole rings is 1. The average molecular weight is 337 g/mol. The number of unbranched alkanes of at least 4 members (excludes halogenated alkanes) is 3. The zero-order valence-electron chi connectivity index (χ0n) is 15.0. The number of nitriles is 1. The fourth-order valence-electron chi connectivity index (χ4n) is 2.05. The van der Waals surface area contributed by atoms with E-state index >= 15 is 0 Å². The van der Waals surface area contributed by atoms with E-state index in [0.717, 1.165) is 41.2 Å². The molecule has 0 amide bonds. The Balaban J connectivity index is 0.00000112. The fourth-order valence-corrected chi connectivity index (χ4v) is 3.32. The van der Waals surface area contributed by atoms with Crippen LogP contribution >= 0.6 is 0 Å². The first-order valence-electron chi connectivity index (χ1n) is 8.42. The highest BCUT2D eigenvalue weighted by Crippen LogP contribution is 2.19. The molecular weight excluding hydrogens is 306 g/mol. The molecule has 1 aromatic carbocycles. The van der Waals surface area contributed by atoms with Crippen molar-refractivity contribution in [3.8, 4) is 6.07 Å². The van der Waals surface area contributed by atoms with E-state index < -0.39 is 11.2 Å². The van der Waals surface area contributed by atoms with Gasteiger partial charge < -0.3 is 0 Å². The van der Waals surface area contributed by atoms with Crippen LogP contribution < -0.4 is 0 Å². The van der Waals surface area contributed by atoms with Crippen LogP contribution in [0.3, 0.4) is 0 Å². The molecule has 0 bridgehead atoms. The smallest absolute Gasteiger partial charge is 0.284 e. The van der Waals surface area contributed by atoms with Crippen LogP contribution in [0.5, 0.6) is 0 Å². The van der Waals surface area contributed by atoms with Crippen molar-refractivity contribution in [2.75, 3.05) is 5.75 Å². The molecule has 2 rings (SSSR count). The van der Waals surface area contributed by atoms with Gasteiger partial charge in [-0.1, -0.05) is 39.8 Å². The van der Waals surface area contributed by atoms with E-state index in [1.165, 1.54) is 0 Å². The number of hydrogen-bond donors (Lipinski definition) is 1. The predicted molar refractivity (Wildman–Crippen MR) is 101 cm³/mol. The third kappa shape index (κ3) is 6.64. The standard InChI is InChI=1S/C14H18N3OS.2C2H6/c1-17-13-9-5-4-8-12(13)16-14(17)19(18)11-7-3-2-6-10-15;2*1-2/h4-5,8-9,18H,2-3,6-7,11H2,1H3;2*1-2H3/q+1;;. The van der Waals surface area contributed by atoms with Crippen molar-refractivity contribution < 1.29 is 4.55 Å². The molecule has 0 aliphatic carbocycles. The van der Waals surface area contributed by atoms with Gasteiger partial charge in [-0.25, -0.2) is 0 Å². The Morgan fingerprint density at radius 3 is 2.39 bits per heavy atom. The van der Waals surface area contributed by atoms with Gasteiger partial charge in [-0.2, -0.15) is 14.8 Å². The lowest BCUT2D eigenvalue weighted by Gasteiger charge is -1.99. The summed E-state index contributed by atoms with van der Waals surface area (Å²) in [5, 5.41) is 9.21. The zero-order chi connectivity index (χ0) is 17.7. The van der Waals surface area contributed by atoms with Gasteiger partial charge in [-0.15, -0.1) is 0 Å². The summed E-state index contributed by atoms with van der Waals surface area (Å²) >= 11 is -0.814. The highest BCUT2D eigenvalue weighted by atomic mass is 32.2. The Labute approximate surface area is 143 Å². The molecule has 0 spiro atoms. The number of para-hydroxylation sites is 2. The molecule has 0 aliphatic rings. The minimum atomic E-state index is -0.814. The molecular formula is C18H30N3OS+. The first kappa shape index (κ1) is 21.5. The third-order valence-electron chi connectivity index (χ3n) is 3.08. The van der Waals surface area contributed by atoms with Crippen molar-refractivity contribution >= 4 is 22.2 Å². The first-order valence-corrected chi connectivity index (χ1v) is 9.77. The highest BCUT2D eigenvalue weighted by Gasteiger charge is 2.26. The Morgan fingerprint density at radius 1 is 1.13 bits per heavy atom. The van der Waals surface area contributed by atoms with Crippen LogP contribution in [0.15, 0.2) is 29.4 Å². The Kier molecular flexibility index (Phi) is 12.1. The van der Waals surface area contributed by atoms with Crippen LogP contribution in [0, 0.1) is 11.3 Å². The molecule has 2 aromatic rings. The van der Waals surface area contributed by atoms with Gasteiger partial charge in [-0.3, -0.25) is 4.57 Å². The van der Waals surface area contributed by atoms with Crippen LogP contribution in [-0.2, 0) is 18.2 Å². The number of nitrogens with zero attached hydrogens (tertiary/aromatic N) is 3. The second-order valence-electron chi connectivity index (χ2n) is 4.48. The fraction of sp³-hybridized carbons (Fsp3) is 0.556. The number of rotatable bonds is 6. The van der Waals surface area contributed by atoms with E-state index in [9.17, 15) is 4.55 Å². The summed E-state index contributed by atoms with van der Waals surface area (Å²) in [6, 6.07) is 10.0. The Bertz CT molecular complexity index is 589. The summed E-state index contributed by atoms with van der Waals surface area (Å²) < 4.78 is 12.2. The molecule has 0 radical (unpaired) electrons. The largest absolute Gasteiger partial charge is 0.361 e. The molecule has 1 N–H and O–H groups in total. The van der Waals surface area contributed by atoms with E-state index in [0.29, 0.717) is 6.42 Å². The van der Waals surface area contributed by atoms with Gasteiger partial charge in [0.05, 0.1) is 17.1 Å². The Hall–Kier alpha value is -1.51. The van der Waals surface area contributed by atoms with Crippen molar-refractivity contribution in [3.05, 3.63) is 24.3 Å². The maximum Gasteiger partial charge on any atom is 0.361 e. The second kappa shape index (κ2) is 13.0. The monoisotopic (exact) mass is 336 g/mol. The molecule has 23 heavy (non-hydrogen) atoms. The topological polar surface area (TPSA) is 61.8 Å². The number of benzene rings is 1. The molecule has 0 fully saturated rings. The number of hydrogen-bond acceptors (Lipinski definition) is 3. The van der Waals surface area contributed by atoms with Crippen molar-refractivity contribution in [2.45, 2.75) is 58.5 Å². The van der Waals surface area contributed by atoms with Gasteiger partial charge in [0.2, 0.25) is 11.2 Å². The minimum Gasteiger partial charge on any atom is -0.284 e. The van der Waals surface area contributed by atoms with Crippen LogP contribution in [0.1, 0.15) is 53.4 Å². The normalized spacial score (nSPS) is 10.8. The van der Waals surface area contributed by atoms with Crippen molar-refractivity contribution in [1.82, 2.24) is 9.55 Å². The number of fused-ring (bicyclic) bond motifs is 1. The Morgan fingerprint density at radius 2 is 1.78 bits per heavy atom. The van der Waals surface area contributed by atoms with Gasteiger partial charge in [0.15, 0.2) is 0 Å². The number of aromatic nitrogens is 2. The van der Waals surface area contributed by atoms with Gasteiger partial charge in [0, 0.05) is 13.5 Å². The second-order valence-corrected chi connectivity index (χ2v) is 5.98. The third-order valence-corrected chi connectivity index (χ3v) is 4.55. The molecule has 1 heterocycles. The summed E-state index contributed by atoms with van der Waals surface area (Å²) in [7, 11) is 1.94. The van der Waals surface area contributed by atoms with Crippen molar-refractivity contribution in [1.29, 1.82) is 5.26 Å². The van der Waals surface area contributed by atoms with Gasteiger partial charge in [0.1, 0.15) is 5.75 Å². The summed E-state index contributed by atoms with van der Waals surface area (Å²) in [5.74, 6) is 0.725. The van der Waals surface area contributed by atoms with Crippen LogP contribution in [0.4, 0.5) is 0 Å². The van der Waals surface area contributed by atoms with E-state index in [4.69, 9.17) is 5.26 Å². The molecule has 1 unspecified atom stereocenters. The van der Waals surface area contributed by atoms with Crippen LogP contribution in [-0.4, -0.2) is 19.9 Å². The molecule has 5 heteroatoms. The highest BCUT2D eigenvalue weighted by molar-refractivity contribution is 7.91. The molecule has 4 nitrogen and oxygen atoms in total. The van der Waals surface area contributed by atoms with E-state index in [1.807, 2.05) is 63.6 Å². The molecule has 0 aliphatic heterocycles. The lowest BCUT2D eigenvalue weighted by molar-refractivity contribution is 0.610. The van der Waals surface area contributed by atoms with Gasteiger partial charge in [0.25, 0.3) is 0 Å². The summed E-state index contributed by atoms with van der Waals surface area (Å²) in [6.07, 6.45) is 3.44. The zero-order valence-corrected chi connectivity index (χ0v) is 15.9. The summed E-state index contributed by atoms with van der Waals surface area (Å²) in [4.78, 5) is 4.50. The lowest BCUT2D eigenvalue weighted by Crippen LogP contribution is -2.12. The summed E-state index contributed by atoms with van der Waals surface area (Å²) in [6.45, 7) is 8.00. The van der Waals surface area contributed by atoms with Gasteiger partial charge in [-0.05, 0) is 31.4 Å². The van der Waals surface area contributed by atoms with Crippen LogP contribution in [0.25, 0.3) is 11.0 Å². The maximum atomic E-state index is 10.2. The van der Waals surface area contributed by atoms with E-state index in [-0.39, 0.29) is 0 Å². The molecule has 0 saturated carbocycles. The van der Waals surface area contributed by atoms with Gasteiger partial charge >= 0.3 is 5.16 Å². The SMILES string of the molecule is CC.CC.Cn1c([S+](O)CCCCCC#N)nc2ccccc21. The van der Waals surface area contributed by atoms with Crippen LogP contribution in [0.2, 0.25) is 0 Å². The lowest BCUT2D eigenvalue weighted by atomic mass is 10.2. The molecule has 1 aromatic heterocycles. The average Bonchev–Trinajstić information content (AvgIpc) is 2.95. The quantitative estimate of drug-likeness (QED) is 0.585. The molecule has 0 saturated heterocycles. The molecule has 128 valence electrons. The first-order chi connectivity index (χ1) is 11.2. The molecule has 1 atom stereocenters. The predicted octanol–water partition coefficient (Wildman–Crippen LogP) is 5.16. The number of aryl methyl sites for hydroxylation is 1. The van der Waals surface area contributed by atoms with Crippen molar-refractivity contribution in [3.63, 3.8) is 0 Å². The van der Waals surface area contributed by atoms with Crippen molar-refractivity contribution in [2.24, 2.45) is 7.05 Å². The maximum absolute atomic E-state index is 10.2. The van der Waals surface area contributed by atoms with E-state index in [1.54, 1.807) is 0 Å². The summed E-state index contributed by atoms with van der Waals surface area (Å²) in [5.41, 5.74) is 1.98. The van der Waals surface area contributed by atoms with E-state index in [2.05, 4.69) is 11.1 Å². The minimum absolute atomic E-state index is 0.603.